The molecule has 6 nitrogen and oxygen atoms in total. The SMILES string of the molecule is Cl.O=c1cccnn1CCCNC[C@@H]1COc2ccccc2O1. The summed E-state index contributed by atoms with van der Waals surface area (Å²) in [4.78, 5) is 11.5. The Morgan fingerprint density at radius 1 is 1.22 bits per heavy atom. The van der Waals surface area contributed by atoms with E-state index in [1.807, 2.05) is 24.3 Å². The minimum absolute atomic E-state index is 0. The van der Waals surface area contributed by atoms with Crippen molar-refractivity contribution in [1.82, 2.24) is 15.1 Å². The van der Waals surface area contributed by atoms with Crippen LogP contribution in [0.5, 0.6) is 11.5 Å². The normalized spacial score (nSPS) is 15.7. The van der Waals surface area contributed by atoms with Crippen LogP contribution in [-0.2, 0) is 6.54 Å². The van der Waals surface area contributed by atoms with Gasteiger partial charge in [0, 0.05) is 25.4 Å². The van der Waals surface area contributed by atoms with E-state index in [-0.39, 0.29) is 24.1 Å². The Bertz CT molecular complexity index is 677. The smallest absolute Gasteiger partial charge is 0.266 e. The second-order valence-electron chi connectivity index (χ2n) is 5.14. The van der Waals surface area contributed by atoms with Crippen molar-refractivity contribution in [3.8, 4) is 11.5 Å². The highest BCUT2D eigenvalue weighted by Crippen LogP contribution is 2.30. The van der Waals surface area contributed by atoms with E-state index in [9.17, 15) is 4.79 Å². The molecule has 1 aliphatic heterocycles. The first-order valence-electron chi connectivity index (χ1n) is 7.44. The molecule has 0 amide bonds. The molecule has 0 unspecified atom stereocenters. The minimum atomic E-state index is -0.0666. The van der Waals surface area contributed by atoms with Gasteiger partial charge in [-0.2, -0.15) is 5.10 Å². The van der Waals surface area contributed by atoms with Crippen LogP contribution in [0.2, 0.25) is 0 Å². The molecule has 3 rings (SSSR count). The summed E-state index contributed by atoms with van der Waals surface area (Å²) in [6.07, 6.45) is 2.47. The molecule has 0 saturated carbocycles. The number of aromatic nitrogens is 2. The van der Waals surface area contributed by atoms with Gasteiger partial charge < -0.3 is 14.8 Å². The van der Waals surface area contributed by atoms with Gasteiger partial charge in [-0.25, -0.2) is 4.68 Å². The maximum absolute atomic E-state index is 11.5. The molecule has 1 atom stereocenters. The van der Waals surface area contributed by atoms with Gasteiger partial charge in [-0.15, -0.1) is 12.4 Å². The lowest BCUT2D eigenvalue weighted by atomic mass is 10.2. The topological polar surface area (TPSA) is 65.4 Å². The summed E-state index contributed by atoms with van der Waals surface area (Å²) < 4.78 is 13.0. The zero-order valence-corrected chi connectivity index (χ0v) is 13.5. The maximum atomic E-state index is 11.5. The fourth-order valence-corrected chi connectivity index (χ4v) is 2.34. The number of nitrogens with one attached hydrogen (secondary N) is 1. The first-order valence-corrected chi connectivity index (χ1v) is 7.44. The Morgan fingerprint density at radius 2 is 2.04 bits per heavy atom. The number of nitrogens with zero attached hydrogens (tertiary/aromatic N) is 2. The number of fused-ring (bicyclic) bond motifs is 1. The first-order chi connectivity index (χ1) is 10.8. The predicted octanol–water partition coefficient (Wildman–Crippen LogP) is 1.48. The van der Waals surface area contributed by atoms with Gasteiger partial charge in [-0.1, -0.05) is 12.1 Å². The van der Waals surface area contributed by atoms with E-state index in [2.05, 4.69) is 10.4 Å². The molecule has 7 heteroatoms. The first kappa shape index (κ1) is 17.3. The van der Waals surface area contributed by atoms with E-state index in [1.165, 1.54) is 10.7 Å². The molecule has 23 heavy (non-hydrogen) atoms. The molecule has 1 N–H and O–H groups in total. The Labute approximate surface area is 140 Å². The highest BCUT2D eigenvalue weighted by Gasteiger charge is 2.19. The third-order valence-corrected chi connectivity index (χ3v) is 3.45. The Balaban J connectivity index is 0.00000192. The predicted molar refractivity (Wildman–Crippen MR) is 89.6 cm³/mol. The highest BCUT2D eigenvalue weighted by atomic mass is 35.5. The average Bonchev–Trinajstić information content (AvgIpc) is 2.56. The van der Waals surface area contributed by atoms with Gasteiger partial charge in [0.1, 0.15) is 12.7 Å². The zero-order chi connectivity index (χ0) is 15.2. The lowest BCUT2D eigenvalue weighted by molar-refractivity contribution is 0.0904. The molecule has 1 aliphatic rings. The standard InChI is InChI=1S/C16H19N3O3.ClH/c20-16-7-3-9-18-19(16)10-4-8-17-11-13-12-21-14-5-1-2-6-15(14)22-13;/h1-3,5-7,9,13,17H,4,8,10-12H2;1H/t13-;/m1./s1. The quantitative estimate of drug-likeness (QED) is 0.809. The molecule has 124 valence electrons. The van der Waals surface area contributed by atoms with E-state index >= 15 is 0 Å². The molecule has 1 aromatic carbocycles. The highest BCUT2D eigenvalue weighted by molar-refractivity contribution is 5.85. The summed E-state index contributed by atoms with van der Waals surface area (Å²) in [5.41, 5.74) is -0.0666. The van der Waals surface area contributed by atoms with Crippen molar-refractivity contribution in [3.63, 3.8) is 0 Å². The Morgan fingerprint density at radius 3 is 2.87 bits per heavy atom. The van der Waals surface area contributed by atoms with Crippen molar-refractivity contribution in [2.24, 2.45) is 0 Å². The molecule has 0 radical (unpaired) electrons. The number of hydrogen-bond donors (Lipinski definition) is 1. The lowest BCUT2D eigenvalue weighted by Crippen LogP contribution is -2.39. The number of ether oxygens (including phenoxy) is 2. The summed E-state index contributed by atoms with van der Waals surface area (Å²) in [7, 11) is 0. The fourth-order valence-electron chi connectivity index (χ4n) is 2.34. The molecule has 2 heterocycles. The Hall–Kier alpha value is -2.05. The van der Waals surface area contributed by atoms with Gasteiger partial charge in [-0.05, 0) is 31.2 Å². The summed E-state index contributed by atoms with van der Waals surface area (Å²) >= 11 is 0. The van der Waals surface area contributed by atoms with Gasteiger partial charge in [-0.3, -0.25) is 4.79 Å². The molecule has 0 aliphatic carbocycles. The van der Waals surface area contributed by atoms with Gasteiger partial charge in [0.05, 0.1) is 0 Å². The fraction of sp³-hybridized carbons (Fsp3) is 0.375. The largest absolute Gasteiger partial charge is 0.486 e. The number of para-hydroxylation sites is 2. The van der Waals surface area contributed by atoms with Crippen molar-refractivity contribution in [1.29, 1.82) is 0 Å². The second kappa shape index (κ2) is 8.55. The van der Waals surface area contributed by atoms with Crippen LogP contribution in [0.25, 0.3) is 0 Å². The molecule has 0 spiro atoms. The van der Waals surface area contributed by atoms with Crippen LogP contribution in [0.3, 0.4) is 0 Å². The van der Waals surface area contributed by atoms with Crippen LogP contribution in [0.1, 0.15) is 6.42 Å². The van der Waals surface area contributed by atoms with E-state index in [4.69, 9.17) is 9.47 Å². The van der Waals surface area contributed by atoms with Crippen molar-refractivity contribution in [2.45, 2.75) is 19.1 Å². The number of rotatable bonds is 6. The van der Waals surface area contributed by atoms with Crippen LogP contribution in [0.4, 0.5) is 0 Å². The molecule has 1 aromatic heterocycles. The van der Waals surface area contributed by atoms with Gasteiger partial charge >= 0.3 is 0 Å². The molecule has 0 saturated heterocycles. The third kappa shape index (κ3) is 4.71. The van der Waals surface area contributed by atoms with Crippen LogP contribution < -0.4 is 20.3 Å². The van der Waals surface area contributed by atoms with Crippen molar-refractivity contribution >= 4 is 12.4 Å². The number of benzene rings is 1. The van der Waals surface area contributed by atoms with E-state index < -0.39 is 0 Å². The Kier molecular flexibility index (Phi) is 6.43. The molecular weight excluding hydrogens is 318 g/mol. The lowest BCUT2D eigenvalue weighted by Gasteiger charge is -2.26. The number of hydrogen-bond acceptors (Lipinski definition) is 5. The monoisotopic (exact) mass is 337 g/mol. The van der Waals surface area contributed by atoms with E-state index in [0.29, 0.717) is 19.7 Å². The summed E-state index contributed by atoms with van der Waals surface area (Å²) in [6.45, 7) is 2.66. The van der Waals surface area contributed by atoms with Crippen LogP contribution in [0.15, 0.2) is 47.4 Å². The van der Waals surface area contributed by atoms with Gasteiger partial charge in [0.25, 0.3) is 5.56 Å². The van der Waals surface area contributed by atoms with Gasteiger partial charge in [0.15, 0.2) is 11.5 Å². The molecule has 2 aromatic rings. The minimum Gasteiger partial charge on any atom is -0.486 e. The molecule has 0 bridgehead atoms. The van der Waals surface area contributed by atoms with Crippen molar-refractivity contribution in [3.05, 3.63) is 52.9 Å². The summed E-state index contributed by atoms with van der Waals surface area (Å²) in [6, 6.07) is 10.8. The summed E-state index contributed by atoms with van der Waals surface area (Å²) in [5.74, 6) is 1.59. The van der Waals surface area contributed by atoms with Crippen LogP contribution >= 0.6 is 12.4 Å². The van der Waals surface area contributed by atoms with E-state index in [0.717, 1.165) is 24.5 Å². The van der Waals surface area contributed by atoms with Crippen LogP contribution in [-0.4, -0.2) is 35.6 Å². The molecule has 0 fully saturated rings. The summed E-state index contributed by atoms with van der Waals surface area (Å²) in [5, 5.41) is 7.35. The maximum Gasteiger partial charge on any atom is 0.266 e. The third-order valence-electron chi connectivity index (χ3n) is 3.45. The number of aryl methyl sites for hydroxylation is 1. The van der Waals surface area contributed by atoms with Crippen LogP contribution in [0, 0.1) is 0 Å². The van der Waals surface area contributed by atoms with E-state index in [1.54, 1.807) is 12.3 Å². The van der Waals surface area contributed by atoms with Crippen molar-refractivity contribution < 1.29 is 9.47 Å². The second-order valence-corrected chi connectivity index (χ2v) is 5.14. The molecular formula is C16H20ClN3O3. The zero-order valence-electron chi connectivity index (χ0n) is 12.7. The van der Waals surface area contributed by atoms with Crippen molar-refractivity contribution in [2.75, 3.05) is 19.7 Å². The van der Waals surface area contributed by atoms with Gasteiger partial charge in [0.2, 0.25) is 0 Å². The average molecular weight is 338 g/mol. The number of halogens is 1.